The molecule has 25 unspecified atom stereocenters. The molecule has 7 fully saturated rings. The van der Waals surface area contributed by atoms with Gasteiger partial charge in [0.05, 0.1) is 72.0 Å². The van der Waals surface area contributed by atoms with Gasteiger partial charge in [0.15, 0.2) is 25.2 Å². The lowest BCUT2D eigenvalue weighted by molar-refractivity contribution is -0.346. The minimum atomic E-state index is -1.92. The van der Waals surface area contributed by atoms with Crippen LogP contribution in [0.4, 0.5) is 0 Å². The van der Waals surface area contributed by atoms with Gasteiger partial charge in [-0.1, -0.05) is 43.7 Å². The average Bonchev–Trinajstić information content (AvgIpc) is 3.58. The average molecular weight is 1040 g/mol. The molecule has 9 rings (SSSR count). The molecule has 412 valence electrons. The molecule has 4 heterocycles. The van der Waals surface area contributed by atoms with E-state index in [0.29, 0.717) is 31.2 Å². The van der Waals surface area contributed by atoms with Crippen molar-refractivity contribution in [3.8, 4) is 0 Å². The van der Waals surface area contributed by atoms with Crippen molar-refractivity contribution in [3.05, 3.63) is 47.5 Å². The van der Waals surface area contributed by atoms with Gasteiger partial charge in [-0.05, 0) is 97.1 Å². The Morgan fingerprint density at radius 1 is 0.685 bits per heavy atom. The highest BCUT2D eigenvalue weighted by molar-refractivity contribution is 5.89. The first-order valence-electron chi connectivity index (χ1n) is 26.6. The monoisotopic (exact) mass is 1030 g/mol. The lowest BCUT2D eigenvalue weighted by atomic mass is 9.42. The minimum absolute atomic E-state index is 0.000890. The van der Waals surface area contributed by atoms with E-state index in [1.54, 1.807) is 58.2 Å². The number of aliphatic hydroxyl groups is 7. The number of rotatable bonds is 13. The van der Waals surface area contributed by atoms with Gasteiger partial charge >= 0.3 is 5.97 Å². The predicted molar refractivity (Wildman–Crippen MR) is 257 cm³/mol. The zero-order valence-corrected chi connectivity index (χ0v) is 43.8. The topological polar surface area (TPSA) is 260 Å². The van der Waals surface area contributed by atoms with Gasteiger partial charge in [-0.25, -0.2) is 4.79 Å². The van der Waals surface area contributed by atoms with Crippen LogP contribution in [0.1, 0.15) is 129 Å². The Morgan fingerprint density at radius 2 is 1.22 bits per heavy atom. The molecule has 4 saturated heterocycles. The standard InChI is InChI=1S/C54H82O19/c1-27-45(58)37(63-8)24-43(65-27)71-47-29(3)67-42(23-36(47)57)73-48-30(4)68-44(25-38(48)64-9)72-46-28(2)66-41(22-35(46)56)69-34-16-17-50(6)33(21-34)15-18-53(61)39(50)26-40(70-49(59)32-13-11-10-12-14-32)51(7)52(60,31(5)55)19-20-54(51,53)62/h10-15,27-31,34-48,55-58,60-62H,16-26H2,1-9H3. The first-order chi connectivity index (χ1) is 34.5. The third-order valence-corrected chi connectivity index (χ3v) is 19.0. The molecule has 0 bridgehead atoms. The SMILES string of the molecule is COC1CC(OC2C(O)CC(OC3C(C)OC(OC4C(O)CC(OC5CCC6(C)C(=CCC7(O)C6CC(OC(=O)c6ccccc6)C6(C)C(O)(C(C)O)CCC76O)C5)OC4C)CC3OC)OC2C)OC(C)C1O. The summed E-state index contributed by atoms with van der Waals surface area (Å²) in [6, 6.07) is 8.54. The number of methoxy groups -OCH3 is 2. The molecule has 19 nitrogen and oxygen atoms in total. The molecular weight excluding hydrogens is 953 g/mol. The third-order valence-electron chi connectivity index (χ3n) is 19.0. The van der Waals surface area contributed by atoms with Gasteiger partial charge in [-0.2, -0.15) is 0 Å². The molecule has 25 atom stereocenters. The molecule has 0 radical (unpaired) electrons. The lowest BCUT2D eigenvalue weighted by Crippen LogP contribution is -2.78. The highest BCUT2D eigenvalue weighted by atomic mass is 16.8. The van der Waals surface area contributed by atoms with E-state index in [9.17, 15) is 40.5 Å². The first-order valence-corrected chi connectivity index (χ1v) is 26.6. The van der Waals surface area contributed by atoms with Crippen LogP contribution in [-0.2, 0) is 52.1 Å². The number of benzene rings is 1. The van der Waals surface area contributed by atoms with E-state index in [1.165, 1.54) is 14.0 Å². The molecule has 3 saturated carbocycles. The van der Waals surface area contributed by atoms with E-state index in [-0.39, 0.29) is 51.0 Å². The maximum Gasteiger partial charge on any atom is 0.338 e. The zero-order chi connectivity index (χ0) is 52.6. The van der Waals surface area contributed by atoms with Crippen molar-refractivity contribution < 1.29 is 92.6 Å². The van der Waals surface area contributed by atoms with Gasteiger partial charge in [0.2, 0.25) is 0 Å². The van der Waals surface area contributed by atoms with Crippen molar-refractivity contribution in [1.82, 2.24) is 0 Å². The quantitative estimate of drug-likeness (QED) is 0.110. The summed E-state index contributed by atoms with van der Waals surface area (Å²) in [5.41, 5.74) is -6.37. The summed E-state index contributed by atoms with van der Waals surface area (Å²) in [6.45, 7) is 12.4. The fourth-order valence-electron chi connectivity index (χ4n) is 14.6. The smallest absolute Gasteiger partial charge is 0.338 e. The van der Waals surface area contributed by atoms with E-state index in [4.69, 9.17) is 52.1 Å². The van der Waals surface area contributed by atoms with Crippen molar-refractivity contribution in [2.24, 2.45) is 16.7 Å². The minimum Gasteiger partial charge on any atom is -0.458 e. The third kappa shape index (κ3) is 9.69. The van der Waals surface area contributed by atoms with E-state index >= 15 is 0 Å². The molecule has 4 aliphatic carbocycles. The summed E-state index contributed by atoms with van der Waals surface area (Å²) in [5.74, 6) is -1.18. The Balaban J connectivity index is 0.794. The molecule has 0 spiro atoms. The van der Waals surface area contributed by atoms with Crippen LogP contribution in [0.5, 0.6) is 0 Å². The molecule has 1 aromatic carbocycles. The zero-order valence-electron chi connectivity index (χ0n) is 43.8. The van der Waals surface area contributed by atoms with Crippen molar-refractivity contribution in [2.45, 2.75) is 253 Å². The second-order valence-electron chi connectivity index (χ2n) is 23.0. The van der Waals surface area contributed by atoms with Crippen LogP contribution < -0.4 is 0 Å². The van der Waals surface area contributed by atoms with E-state index < -0.39 is 150 Å². The number of hydrogen-bond acceptors (Lipinski definition) is 19. The predicted octanol–water partition coefficient (Wildman–Crippen LogP) is 3.32. The lowest BCUT2D eigenvalue weighted by Gasteiger charge is -2.67. The summed E-state index contributed by atoms with van der Waals surface area (Å²) < 4.78 is 68.0. The van der Waals surface area contributed by atoms with Crippen LogP contribution in [0.3, 0.4) is 0 Å². The van der Waals surface area contributed by atoms with Crippen LogP contribution in [0.15, 0.2) is 42.0 Å². The first kappa shape index (κ1) is 55.5. The summed E-state index contributed by atoms with van der Waals surface area (Å²) in [4.78, 5) is 13.7. The van der Waals surface area contributed by atoms with Gasteiger partial charge in [-0.3, -0.25) is 0 Å². The number of carbonyl (C=O) groups is 1. The maximum absolute atomic E-state index is 13.7. The summed E-state index contributed by atoms with van der Waals surface area (Å²) in [5, 5.41) is 82.4. The number of fused-ring (bicyclic) bond motifs is 5. The highest BCUT2D eigenvalue weighted by Crippen LogP contribution is 2.71. The summed E-state index contributed by atoms with van der Waals surface area (Å²) in [7, 11) is 3.11. The normalized spacial score (nSPS) is 50.5. The van der Waals surface area contributed by atoms with E-state index in [2.05, 4.69) is 6.92 Å². The highest BCUT2D eigenvalue weighted by Gasteiger charge is 2.81. The van der Waals surface area contributed by atoms with Gasteiger partial charge in [0, 0.05) is 45.8 Å². The van der Waals surface area contributed by atoms with Gasteiger partial charge in [-0.15, -0.1) is 0 Å². The summed E-state index contributed by atoms with van der Waals surface area (Å²) >= 11 is 0. The molecule has 19 heteroatoms. The summed E-state index contributed by atoms with van der Waals surface area (Å²) in [6.07, 6.45) is -8.70. The second kappa shape index (κ2) is 21.2. The van der Waals surface area contributed by atoms with Crippen LogP contribution in [0.2, 0.25) is 0 Å². The Morgan fingerprint density at radius 3 is 1.79 bits per heavy atom. The molecule has 73 heavy (non-hydrogen) atoms. The van der Waals surface area contributed by atoms with E-state index in [0.717, 1.165) is 5.57 Å². The molecule has 7 N–H and O–H groups in total. The number of hydrogen-bond donors (Lipinski definition) is 7. The van der Waals surface area contributed by atoms with Crippen molar-refractivity contribution in [1.29, 1.82) is 0 Å². The number of ether oxygens (including phenoxy) is 11. The van der Waals surface area contributed by atoms with Gasteiger partial charge in [0.1, 0.15) is 47.3 Å². The maximum atomic E-state index is 13.7. The van der Waals surface area contributed by atoms with E-state index in [1.807, 2.05) is 19.9 Å². The Kier molecular flexibility index (Phi) is 16.1. The Hall–Kier alpha value is -2.25. The number of aliphatic hydroxyl groups excluding tert-OH is 4. The molecule has 8 aliphatic rings. The van der Waals surface area contributed by atoms with Crippen LogP contribution in [0.25, 0.3) is 0 Å². The second-order valence-corrected chi connectivity index (χ2v) is 23.0. The molecule has 0 aromatic heterocycles. The molecule has 4 aliphatic heterocycles. The number of esters is 1. The van der Waals surface area contributed by atoms with Gasteiger partial charge in [0.25, 0.3) is 0 Å². The molecule has 1 aromatic rings. The van der Waals surface area contributed by atoms with Crippen LogP contribution in [-0.4, -0.2) is 189 Å². The Bertz CT molecular complexity index is 2070. The van der Waals surface area contributed by atoms with Crippen molar-refractivity contribution in [3.63, 3.8) is 0 Å². The van der Waals surface area contributed by atoms with Gasteiger partial charge < -0.3 is 87.9 Å². The van der Waals surface area contributed by atoms with Crippen molar-refractivity contribution >= 4 is 5.97 Å². The van der Waals surface area contributed by atoms with Crippen LogP contribution >= 0.6 is 0 Å². The van der Waals surface area contributed by atoms with Crippen LogP contribution in [0, 0.1) is 16.7 Å². The largest absolute Gasteiger partial charge is 0.458 e. The molecular formula is C54H82O19. The Labute approximate surface area is 428 Å². The number of carbonyl (C=O) groups excluding carboxylic acids is 1. The molecule has 0 amide bonds. The van der Waals surface area contributed by atoms with Crippen molar-refractivity contribution in [2.75, 3.05) is 14.2 Å². The fourth-order valence-corrected chi connectivity index (χ4v) is 14.6. The fraction of sp³-hybridized carbons (Fsp3) is 0.833.